The summed E-state index contributed by atoms with van der Waals surface area (Å²) in [6, 6.07) is 7.18. The number of nitrogens with one attached hydrogen (secondary N) is 1. The van der Waals surface area contributed by atoms with Crippen molar-refractivity contribution in [3.8, 4) is 0 Å². The minimum Gasteiger partial charge on any atom is -0.411 e. The van der Waals surface area contributed by atoms with Crippen molar-refractivity contribution in [2.45, 2.75) is 33.6 Å². The quantitative estimate of drug-likeness (QED) is 0.295. The van der Waals surface area contributed by atoms with Crippen molar-refractivity contribution in [1.29, 1.82) is 0 Å². The molecule has 116 valence electrons. The Balaban J connectivity index is 2.11. The van der Waals surface area contributed by atoms with Gasteiger partial charge in [0.2, 0.25) is 0 Å². The molecule has 0 aromatic heterocycles. The number of ketones is 2. The Bertz CT molecular complexity index is 633. The predicted molar refractivity (Wildman–Crippen MR) is 85.2 cm³/mol. The van der Waals surface area contributed by atoms with Crippen LogP contribution in [0.2, 0.25) is 0 Å². The third kappa shape index (κ3) is 3.61. The van der Waals surface area contributed by atoms with Gasteiger partial charge in [0.15, 0.2) is 11.6 Å². The maximum absolute atomic E-state index is 12.1. The summed E-state index contributed by atoms with van der Waals surface area (Å²) in [6.45, 7) is 5.55. The van der Waals surface area contributed by atoms with E-state index in [9.17, 15) is 9.59 Å². The minimum absolute atomic E-state index is 0.117. The lowest BCUT2D eigenvalue weighted by atomic mass is 9.74. The van der Waals surface area contributed by atoms with E-state index in [4.69, 9.17) is 5.21 Å². The largest absolute Gasteiger partial charge is 0.411 e. The standard InChI is InChI=1S/C17H20N2O3/c1-11(19-22)12-4-6-13(7-5-12)18-10-14-15(20)8-17(2,3)9-16(14)21/h4-7,10,18,22H,8-9H2,1-3H3/b19-11+. The molecule has 5 nitrogen and oxygen atoms in total. The number of nitrogens with zero attached hydrogens (tertiary/aromatic N) is 1. The lowest BCUT2D eigenvalue weighted by Crippen LogP contribution is -2.31. The lowest BCUT2D eigenvalue weighted by molar-refractivity contribution is -0.127. The summed E-state index contributed by atoms with van der Waals surface area (Å²) in [5.41, 5.74) is 2.05. The molecule has 1 aromatic carbocycles. The van der Waals surface area contributed by atoms with E-state index in [-0.39, 0.29) is 22.6 Å². The van der Waals surface area contributed by atoms with E-state index in [0.29, 0.717) is 18.6 Å². The van der Waals surface area contributed by atoms with E-state index in [1.807, 2.05) is 13.8 Å². The molecular weight excluding hydrogens is 280 g/mol. The van der Waals surface area contributed by atoms with Gasteiger partial charge in [-0.2, -0.15) is 0 Å². The van der Waals surface area contributed by atoms with Gasteiger partial charge < -0.3 is 10.5 Å². The van der Waals surface area contributed by atoms with Gasteiger partial charge in [0.25, 0.3) is 0 Å². The first-order valence-corrected chi connectivity index (χ1v) is 7.14. The summed E-state index contributed by atoms with van der Waals surface area (Å²) in [5.74, 6) is -0.234. The lowest BCUT2D eigenvalue weighted by Gasteiger charge is -2.28. The molecule has 0 atom stereocenters. The number of benzene rings is 1. The van der Waals surface area contributed by atoms with Crippen LogP contribution in [0.4, 0.5) is 5.69 Å². The fourth-order valence-electron chi connectivity index (χ4n) is 2.46. The van der Waals surface area contributed by atoms with Crippen molar-refractivity contribution in [2.75, 3.05) is 5.32 Å². The zero-order valence-corrected chi connectivity index (χ0v) is 13.0. The van der Waals surface area contributed by atoms with Gasteiger partial charge in [0.1, 0.15) is 0 Å². The minimum atomic E-state index is -0.256. The van der Waals surface area contributed by atoms with Gasteiger partial charge in [0.05, 0.1) is 11.3 Å². The average molecular weight is 300 g/mol. The second kappa shape index (κ2) is 6.13. The van der Waals surface area contributed by atoms with Gasteiger partial charge in [-0.05, 0) is 30.0 Å². The fraction of sp³-hybridized carbons (Fsp3) is 0.353. The topological polar surface area (TPSA) is 78.8 Å². The summed E-state index contributed by atoms with van der Waals surface area (Å²) >= 11 is 0. The molecule has 0 unspecified atom stereocenters. The second-order valence-electron chi connectivity index (χ2n) is 6.33. The molecule has 0 heterocycles. The van der Waals surface area contributed by atoms with Gasteiger partial charge in [-0.1, -0.05) is 31.1 Å². The third-order valence-corrected chi connectivity index (χ3v) is 3.71. The van der Waals surface area contributed by atoms with Crippen molar-refractivity contribution in [3.05, 3.63) is 41.6 Å². The number of carbonyl (C=O) groups is 2. The van der Waals surface area contributed by atoms with E-state index in [1.54, 1.807) is 31.2 Å². The van der Waals surface area contributed by atoms with Crippen LogP contribution in [0.5, 0.6) is 0 Å². The highest BCUT2D eigenvalue weighted by atomic mass is 16.4. The number of hydrogen-bond donors (Lipinski definition) is 2. The molecule has 1 fully saturated rings. The monoisotopic (exact) mass is 300 g/mol. The molecule has 1 aliphatic carbocycles. The Labute approximate surface area is 129 Å². The normalized spacial score (nSPS) is 18.3. The van der Waals surface area contributed by atoms with E-state index in [0.717, 1.165) is 11.3 Å². The fourth-order valence-corrected chi connectivity index (χ4v) is 2.46. The van der Waals surface area contributed by atoms with Crippen molar-refractivity contribution in [2.24, 2.45) is 10.6 Å². The van der Waals surface area contributed by atoms with Crippen molar-refractivity contribution in [3.63, 3.8) is 0 Å². The summed E-state index contributed by atoms with van der Waals surface area (Å²) in [7, 11) is 0. The molecule has 1 saturated carbocycles. The number of carbonyl (C=O) groups excluding carboxylic acids is 2. The Hall–Kier alpha value is -2.43. The van der Waals surface area contributed by atoms with Gasteiger partial charge >= 0.3 is 0 Å². The Kier molecular flexibility index (Phi) is 4.45. The van der Waals surface area contributed by atoms with Crippen LogP contribution in [0.25, 0.3) is 0 Å². The first-order valence-electron chi connectivity index (χ1n) is 7.14. The summed E-state index contributed by atoms with van der Waals surface area (Å²) in [5, 5.41) is 14.8. The number of hydrogen-bond acceptors (Lipinski definition) is 5. The predicted octanol–water partition coefficient (Wildman–Crippen LogP) is 3.14. The highest BCUT2D eigenvalue weighted by molar-refractivity contribution is 6.22. The Morgan fingerprint density at radius 1 is 1.18 bits per heavy atom. The molecule has 2 N–H and O–H groups in total. The van der Waals surface area contributed by atoms with Gasteiger partial charge in [0, 0.05) is 24.7 Å². The molecule has 5 heteroatoms. The van der Waals surface area contributed by atoms with Crippen LogP contribution in [-0.2, 0) is 9.59 Å². The molecule has 2 rings (SSSR count). The zero-order chi connectivity index (χ0) is 16.3. The molecule has 1 aromatic rings. The number of oxime groups is 1. The molecule has 0 bridgehead atoms. The zero-order valence-electron chi connectivity index (χ0n) is 13.0. The van der Waals surface area contributed by atoms with Crippen LogP contribution in [0.15, 0.2) is 41.2 Å². The van der Waals surface area contributed by atoms with Gasteiger partial charge in [-0.3, -0.25) is 9.59 Å². The highest BCUT2D eigenvalue weighted by Gasteiger charge is 2.35. The number of allylic oxidation sites excluding steroid dienone is 1. The van der Waals surface area contributed by atoms with Crippen LogP contribution in [-0.4, -0.2) is 22.5 Å². The summed E-state index contributed by atoms with van der Waals surface area (Å²) in [6.07, 6.45) is 2.26. The van der Waals surface area contributed by atoms with Crippen LogP contribution >= 0.6 is 0 Å². The second-order valence-corrected chi connectivity index (χ2v) is 6.33. The van der Waals surface area contributed by atoms with Gasteiger partial charge in [-0.15, -0.1) is 0 Å². The van der Waals surface area contributed by atoms with Crippen LogP contribution in [0.3, 0.4) is 0 Å². The van der Waals surface area contributed by atoms with Crippen LogP contribution in [0.1, 0.15) is 39.2 Å². The molecule has 0 radical (unpaired) electrons. The van der Waals surface area contributed by atoms with E-state index in [2.05, 4.69) is 10.5 Å². The molecule has 22 heavy (non-hydrogen) atoms. The van der Waals surface area contributed by atoms with Crippen molar-refractivity contribution < 1.29 is 14.8 Å². The maximum Gasteiger partial charge on any atom is 0.168 e. The Morgan fingerprint density at radius 3 is 2.23 bits per heavy atom. The number of anilines is 1. The first kappa shape index (κ1) is 15.9. The Morgan fingerprint density at radius 2 is 1.73 bits per heavy atom. The van der Waals surface area contributed by atoms with Crippen LogP contribution in [0, 0.1) is 5.41 Å². The molecule has 1 aliphatic rings. The highest BCUT2D eigenvalue weighted by Crippen LogP contribution is 2.33. The SMILES string of the molecule is C/C(=N\O)c1ccc(NC=C2C(=O)CC(C)(C)CC2=O)cc1. The van der Waals surface area contributed by atoms with E-state index < -0.39 is 0 Å². The summed E-state index contributed by atoms with van der Waals surface area (Å²) in [4.78, 5) is 24.1. The third-order valence-electron chi connectivity index (χ3n) is 3.71. The molecule has 0 amide bonds. The maximum atomic E-state index is 12.1. The smallest absolute Gasteiger partial charge is 0.168 e. The molecular formula is C17H20N2O3. The number of Topliss-reactive ketones (excluding diaryl/α,β-unsaturated/α-hetero) is 2. The molecule has 0 saturated heterocycles. The van der Waals surface area contributed by atoms with Crippen molar-refractivity contribution in [1.82, 2.24) is 0 Å². The van der Waals surface area contributed by atoms with Crippen LogP contribution < -0.4 is 5.32 Å². The molecule has 0 aliphatic heterocycles. The van der Waals surface area contributed by atoms with Crippen molar-refractivity contribution >= 4 is 23.0 Å². The van der Waals surface area contributed by atoms with E-state index >= 15 is 0 Å². The first-order chi connectivity index (χ1) is 10.3. The molecule has 0 spiro atoms. The summed E-state index contributed by atoms with van der Waals surface area (Å²) < 4.78 is 0. The van der Waals surface area contributed by atoms with E-state index in [1.165, 1.54) is 6.20 Å². The number of rotatable bonds is 3. The van der Waals surface area contributed by atoms with Gasteiger partial charge in [-0.25, -0.2) is 0 Å². The average Bonchev–Trinajstić information content (AvgIpc) is 2.45.